The normalized spacial score (nSPS) is 9.58. The van der Waals surface area contributed by atoms with Crippen LogP contribution in [0.15, 0.2) is 0 Å². The SMILES string of the molecule is O.O=C(CO)COP(=O)([O-])[O-].[Mg+2]. The summed E-state index contributed by atoms with van der Waals surface area (Å²) in [6.07, 6.45) is 0. The van der Waals surface area contributed by atoms with Crippen LogP contribution in [0.3, 0.4) is 0 Å². The summed E-state index contributed by atoms with van der Waals surface area (Å²) in [4.78, 5) is 29.4. The molecule has 0 aromatic rings. The Morgan fingerprint density at radius 2 is 1.92 bits per heavy atom. The van der Waals surface area contributed by atoms with Gasteiger partial charge < -0.3 is 29.5 Å². The Labute approximate surface area is 84.4 Å². The van der Waals surface area contributed by atoms with E-state index in [9.17, 15) is 19.1 Å². The largest absolute Gasteiger partial charge is 2.00 e. The Balaban J connectivity index is -0.000000405. The van der Waals surface area contributed by atoms with Gasteiger partial charge in [-0.25, -0.2) is 0 Å². The van der Waals surface area contributed by atoms with E-state index in [0.29, 0.717) is 0 Å². The van der Waals surface area contributed by atoms with E-state index in [1.165, 1.54) is 0 Å². The van der Waals surface area contributed by atoms with Crippen molar-refractivity contribution in [2.75, 3.05) is 13.2 Å². The number of phosphoric ester groups is 1. The van der Waals surface area contributed by atoms with Crippen LogP contribution in [0.25, 0.3) is 0 Å². The topological polar surface area (TPSA) is 141 Å². The first-order chi connectivity index (χ1) is 4.45. The predicted octanol–water partition coefficient (Wildman–Crippen LogP) is -3.81. The van der Waals surface area contributed by atoms with E-state index in [1.807, 2.05) is 0 Å². The van der Waals surface area contributed by atoms with Crippen molar-refractivity contribution in [1.29, 1.82) is 0 Å². The van der Waals surface area contributed by atoms with Crippen LogP contribution in [-0.2, 0) is 13.9 Å². The van der Waals surface area contributed by atoms with Crippen LogP contribution >= 0.6 is 7.82 Å². The molecule has 0 saturated carbocycles. The maximum absolute atomic E-state index is 10.1. The van der Waals surface area contributed by atoms with E-state index in [2.05, 4.69) is 4.52 Å². The number of rotatable bonds is 4. The van der Waals surface area contributed by atoms with E-state index in [1.54, 1.807) is 0 Å². The van der Waals surface area contributed by atoms with Gasteiger partial charge in [-0.15, -0.1) is 0 Å². The zero-order valence-electron chi connectivity index (χ0n) is 6.06. The van der Waals surface area contributed by atoms with E-state index in [0.717, 1.165) is 0 Å². The molecule has 9 heteroatoms. The zero-order chi connectivity index (χ0) is 8.20. The Bertz CT molecular complexity index is 164. The Morgan fingerprint density at radius 3 is 2.17 bits per heavy atom. The second kappa shape index (κ2) is 8.08. The van der Waals surface area contributed by atoms with Gasteiger partial charge in [-0.3, -0.25) is 4.79 Å². The van der Waals surface area contributed by atoms with Crippen LogP contribution in [0.4, 0.5) is 0 Å². The number of aliphatic hydroxyl groups is 1. The fourth-order valence-electron chi connectivity index (χ4n) is 0.197. The summed E-state index contributed by atoms with van der Waals surface area (Å²) in [6, 6.07) is 0. The summed E-state index contributed by atoms with van der Waals surface area (Å²) in [5, 5.41) is 8.01. The molecule has 0 aromatic carbocycles. The van der Waals surface area contributed by atoms with Gasteiger partial charge in [0.1, 0.15) is 13.2 Å². The third-order valence-corrected chi connectivity index (χ3v) is 1.01. The van der Waals surface area contributed by atoms with Gasteiger partial charge in [0.2, 0.25) is 0 Å². The van der Waals surface area contributed by atoms with Gasteiger partial charge >= 0.3 is 23.1 Å². The Kier molecular flexibility index (Phi) is 12.3. The van der Waals surface area contributed by atoms with Gasteiger partial charge in [-0.1, -0.05) is 0 Å². The van der Waals surface area contributed by atoms with Crippen molar-refractivity contribution >= 4 is 36.7 Å². The minimum Gasteiger partial charge on any atom is -0.790 e. The van der Waals surface area contributed by atoms with Crippen LogP contribution in [0.5, 0.6) is 0 Å². The summed E-state index contributed by atoms with van der Waals surface area (Å²) in [7, 11) is -5.06. The number of Topliss-reactive ketones (excluding diaryl/α,β-unsaturated/α-hetero) is 1. The first-order valence-corrected chi connectivity index (χ1v) is 3.71. The number of carbonyl (C=O) groups is 1. The first kappa shape index (κ1) is 18.3. The number of hydrogen-bond acceptors (Lipinski definition) is 6. The number of phosphoric acid groups is 1. The van der Waals surface area contributed by atoms with Crippen molar-refractivity contribution in [2.45, 2.75) is 0 Å². The van der Waals surface area contributed by atoms with Crippen molar-refractivity contribution < 1.29 is 34.3 Å². The average Bonchev–Trinajstić information content (AvgIpc) is 1.81. The molecular weight excluding hydrogens is 203 g/mol. The average molecular weight is 210 g/mol. The number of aliphatic hydroxyl groups excluding tert-OH is 1. The Morgan fingerprint density at radius 1 is 1.50 bits per heavy atom. The molecule has 0 spiro atoms. The van der Waals surface area contributed by atoms with E-state index < -0.39 is 26.8 Å². The molecule has 0 fully saturated rings. The van der Waals surface area contributed by atoms with Crippen LogP contribution in [0, 0.1) is 0 Å². The standard InChI is InChI=1S/C3H7O6P.Mg.H2O/c4-1-3(5)2-9-10(6,7)8;;/h4H,1-2H2,(H2,6,7,8);;1H2/q;+2;/p-2. The second-order valence-corrected chi connectivity index (χ2v) is 2.57. The van der Waals surface area contributed by atoms with Crippen LogP contribution < -0.4 is 9.79 Å². The molecule has 0 aliphatic carbocycles. The summed E-state index contributed by atoms with van der Waals surface area (Å²) in [6.45, 7) is -1.72. The minimum absolute atomic E-state index is 0. The van der Waals surface area contributed by atoms with Crippen molar-refractivity contribution in [3.8, 4) is 0 Å². The second-order valence-electron chi connectivity index (χ2n) is 1.42. The van der Waals surface area contributed by atoms with E-state index >= 15 is 0 Å². The van der Waals surface area contributed by atoms with Gasteiger partial charge in [-0.05, 0) is 0 Å². The van der Waals surface area contributed by atoms with Gasteiger partial charge in [0.25, 0.3) is 0 Å². The van der Waals surface area contributed by atoms with Crippen LogP contribution in [0.2, 0.25) is 0 Å². The molecule has 0 atom stereocenters. The fourth-order valence-corrected chi connectivity index (χ4v) is 0.499. The molecule has 0 saturated heterocycles. The van der Waals surface area contributed by atoms with Crippen molar-refractivity contribution in [1.82, 2.24) is 0 Å². The smallest absolute Gasteiger partial charge is 0.790 e. The molecule has 0 rings (SSSR count). The van der Waals surface area contributed by atoms with E-state index in [4.69, 9.17) is 5.11 Å². The third kappa shape index (κ3) is 13.1. The minimum atomic E-state index is -5.06. The molecule has 0 amide bonds. The van der Waals surface area contributed by atoms with Gasteiger partial charge in [0, 0.05) is 0 Å². The molecule has 68 valence electrons. The van der Waals surface area contributed by atoms with Crippen molar-refractivity contribution in [2.24, 2.45) is 0 Å². The molecule has 0 heterocycles. The summed E-state index contributed by atoms with van der Waals surface area (Å²) < 4.78 is 13.2. The number of carbonyl (C=O) groups excluding carboxylic acids is 1. The molecule has 0 aliphatic rings. The maximum atomic E-state index is 10.1. The molecule has 7 nitrogen and oxygen atoms in total. The number of hydrogen-bond donors (Lipinski definition) is 1. The Hall–Kier alpha value is 0.466. The first-order valence-electron chi connectivity index (χ1n) is 2.25. The fraction of sp³-hybridized carbons (Fsp3) is 0.667. The monoisotopic (exact) mass is 210 g/mol. The molecule has 12 heavy (non-hydrogen) atoms. The molecule has 0 unspecified atom stereocenters. The molecule has 0 aliphatic heterocycles. The maximum Gasteiger partial charge on any atom is 2.00 e. The van der Waals surface area contributed by atoms with Gasteiger partial charge in [0.15, 0.2) is 5.78 Å². The molecular formula is C3H7MgO7P. The molecule has 0 bridgehead atoms. The summed E-state index contributed by atoms with van der Waals surface area (Å²) in [5.74, 6) is -0.855. The van der Waals surface area contributed by atoms with Crippen LogP contribution in [0.1, 0.15) is 0 Å². The zero-order valence-corrected chi connectivity index (χ0v) is 8.37. The number of ketones is 1. The quantitative estimate of drug-likeness (QED) is 0.372. The molecule has 0 radical (unpaired) electrons. The van der Waals surface area contributed by atoms with Crippen molar-refractivity contribution in [3.63, 3.8) is 0 Å². The van der Waals surface area contributed by atoms with Gasteiger partial charge in [-0.2, -0.15) is 0 Å². The molecule has 0 aromatic heterocycles. The third-order valence-electron chi connectivity index (χ3n) is 0.560. The summed E-state index contributed by atoms with van der Waals surface area (Å²) >= 11 is 0. The van der Waals surface area contributed by atoms with Gasteiger partial charge in [0.05, 0.1) is 7.82 Å². The summed E-state index contributed by atoms with van der Waals surface area (Å²) in [5.41, 5.74) is 0. The van der Waals surface area contributed by atoms with E-state index in [-0.39, 0.29) is 28.5 Å². The molecule has 3 N–H and O–H groups in total. The van der Waals surface area contributed by atoms with Crippen molar-refractivity contribution in [3.05, 3.63) is 0 Å². The van der Waals surface area contributed by atoms with Crippen LogP contribution in [-0.4, -0.2) is 52.6 Å². The predicted molar refractivity (Wildman–Crippen MR) is 35.0 cm³/mol.